The van der Waals surface area contributed by atoms with Crippen molar-refractivity contribution in [1.29, 1.82) is 0 Å². The number of amides is 1. The molecule has 4 heteroatoms. The number of piperazine rings is 1. The van der Waals surface area contributed by atoms with Crippen LogP contribution >= 0.6 is 11.6 Å². The van der Waals surface area contributed by atoms with Crippen LogP contribution in [0.3, 0.4) is 0 Å². The maximum atomic E-state index is 12.3. The molecule has 0 aromatic carbocycles. The highest BCUT2D eigenvalue weighted by atomic mass is 35.5. The van der Waals surface area contributed by atoms with Crippen LogP contribution in [-0.2, 0) is 4.79 Å². The fourth-order valence-corrected chi connectivity index (χ4v) is 2.01. The predicted molar refractivity (Wildman–Crippen MR) is 67.8 cm³/mol. The third-order valence-corrected chi connectivity index (χ3v) is 4.18. The highest BCUT2D eigenvalue weighted by Crippen LogP contribution is 2.25. The van der Waals surface area contributed by atoms with E-state index in [1.54, 1.807) is 0 Å². The van der Waals surface area contributed by atoms with Crippen LogP contribution in [0.5, 0.6) is 0 Å². The molecule has 0 spiro atoms. The molecule has 0 unspecified atom stereocenters. The number of hydrogen-bond acceptors (Lipinski definition) is 2. The van der Waals surface area contributed by atoms with Gasteiger partial charge >= 0.3 is 0 Å². The van der Waals surface area contributed by atoms with E-state index in [2.05, 4.69) is 25.8 Å². The van der Waals surface area contributed by atoms with Gasteiger partial charge in [0.2, 0.25) is 5.91 Å². The summed E-state index contributed by atoms with van der Waals surface area (Å²) in [6, 6.07) is 0. The van der Waals surface area contributed by atoms with Crippen molar-refractivity contribution in [2.75, 3.05) is 32.6 Å². The topological polar surface area (TPSA) is 23.6 Å². The van der Waals surface area contributed by atoms with Crippen molar-refractivity contribution in [1.82, 2.24) is 9.80 Å². The molecule has 1 amide bonds. The number of carbonyl (C=O) groups is 1. The van der Waals surface area contributed by atoms with Gasteiger partial charge in [-0.2, -0.15) is 0 Å². The molecule has 1 aliphatic rings. The van der Waals surface area contributed by atoms with Crippen molar-refractivity contribution in [2.24, 2.45) is 5.41 Å². The van der Waals surface area contributed by atoms with E-state index in [1.807, 2.05) is 18.7 Å². The van der Waals surface area contributed by atoms with Gasteiger partial charge < -0.3 is 4.90 Å². The van der Waals surface area contributed by atoms with E-state index >= 15 is 0 Å². The van der Waals surface area contributed by atoms with Crippen LogP contribution in [0, 0.1) is 5.41 Å². The third kappa shape index (κ3) is 2.69. The van der Waals surface area contributed by atoms with Crippen LogP contribution in [0.25, 0.3) is 0 Å². The number of likely N-dealkylation sites (N-methyl/N-ethyl adjacent to an activating group) is 1. The van der Waals surface area contributed by atoms with Gasteiger partial charge in [-0.25, -0.2) is 0 Å². The first-order chi connectivity index (χ1) is 7.20. The maximum Gasteiger partial charge on any atom is 0.229 e. The predicted octanol–water partition coefficient (Wildman–Crippen LogP) is 1.80. The molecule has 0 aromatic rings. The van der Waals surface area contributed by atoms with Gasteiger partial charge in [0, 0.05) is 31.1 Å². The number of hydrogen-bond donors (Lipinski definition) is 0. The lowest BCUT2D eigenvalue weighted by Crippen LogP contribution is -2.60. The Morgan fingerprint density at radius 3 is 2.38 bits per heavy atom. The van der Waals surface area contributed by atoms with Gasteiger partial charge in [-0.15, -0.1) is 11.6 Å². The molecule has 16 heavy (non-hydrogen) atoms. The number of nitrogens with zero attached hydrogens (tertiary/aromatic N) is 2. The van der Waals surface area contributed by atoms with E-state index < -0.39 is 5.41 Å². The summed E-state index contributed by atoms with van der Waals surface area (Å²) in [5.74, 6) is 0.544. The minimum atomic E-state index is -0.451. The monoisotopic (exact) mass is 246 g/mol. The molecule has 0 bridgehead atoms. The van der Waals surface area contributed by atoms with Crippen molar-refractivity contribution in [3.8, 4) is 0 Å². The smallest absolute Gasteiger partial charge is 0.229 e. The fourth-order valence-electron chi connectivity index (χ4n) is 1.90. The normalized spacial score (nSPS) is 22.2. The first kappa shape index (κ1) is 13.8. The summed E-state index contributed by atoms with van der Waals surface area (Å²) in [4.78, 5) is 16.5. The van der Waals surface area contributed by atoms with E-state index in [1.165, 1.54) is 0 Å². The second kappa shape index (κ2) is 4.53. The summed E-state index contributed by atoms with van der Waals surface area (Å²) >= 11 is 5.85. The Morgan fingerprint density at radius 1 is 1.38 bits per heavy atom. The summed E-state index contributed by atoms with van der Waals surface area (Å²) in [7, 11) is 2.11. The van der Waals surface area contributed by atoms with Gasteiger partial charge in [-0.05, 0) is 34.7 Å². The zero-order valence-corrected chi connectivity index (χ0v) is 11.8. The molecule has 0 saturated carbocycles. The average Bonchev–Trinajstić information content (AvgIpc) is 2.21. The molecule has 0 aliphatic carbocycles. The van der Waals surface area contributed by atoms with Gasteiger partial charge in [0.25, 0.3) is 0 Å². The Balaban J connectivity index is 2.74. The van der Waals surface area contributed by atoms with E-state index in [0.717, 1.165) is 19.6 Å². The third-order valence-electron chi connectivity index (χ3n) is 3.52. The number of alkyl halides is 1. The molecule has 3 nitrogen and oxygen atoms in total. The zero-order valence-electron chi connectivity index (χ0n) is 11.0. The van der Waals surface area contributed by atoms with E-state index in [9.17, 15) is 4.79 Å². The molecule has 0 N–H and O–H groups in total. The first-order valence-electron chi connectivity index (χ1n) is 5.77. The second-order valence-corrected chi connectivity index (χ2v) is 6.25. The zero-order chi connectivity index (χ0) is 12.6. The van der Waals surface area contributed by atoms with Crippen LogP contribution < -0.4 is 0 Å². The van der Waals surface area contributed by atoms with Gasteiger partial charge in [0.05, 0.1) is 5.41 Å². The Bertz CT molecular complexity index is 276. The standard InChI is InChI=1S/C12H23ClN2O/c1-11(2,8-13)10(16)15-7-6-14(5)12(3,4)9-15/h6-9H2,1-5H3. The number of carbonyl (C=O) groups excluding carboxylic acids is 1. The first-order valence-corrected chi connectivity index (χ1v) is 6.31. The maximum absolute atomic E-state index is 12.3. The molecule has 94 valence electrons. The quantitative estimate of drug-likeness (QED) is 0.694. The summed E-state index contributed by atoms with van der Waals surface area (Å²) < 4.78 is 0. The van der Waals surface area contributed by atoms with Gasteiger partial charge in [0.1, 0.15) is 0 Å². The van der Waals surface area contributed by atoms with Crippen LogP contribution in [0.15, 0.2) is 0 Å². The van der Waals surface area contributed by atoms with E-state index in [4.69, 9.17) is 11.6 Å². The largest absolute Gasteiger partial charge is 0.339 e. The Kier molecular flexibility index (Phi) is 3.91. The molecule has 1 rings (SSSR count). The molecule has 1 fully saturated rings. The molecule has 0 radical (unpaired) electrons. The Morgan fingerprint density at radius 2 is 1.94 bits per heavy atom. The van der Waals surface area contributed by atoms with E-state index in [0.29, 0.717) is 5.88 Å². The van der Waals surface area contributed by atoms with Crippen LogP contribution in [0.2, 0.25) is 0 Å². The van der Waals surface area contributed by atoms with Crippen molar-refractivity contribution < 1.29 is 4.79 Å². The van der Waals surface area contributed by atoms with Crippen molar-refractivity contribution >= 4 is 17.5 Å². The number of rotatable bonds is 2. The second-order valence-electron chi connectivity index (χ2n) is 5.98. The molecule has 1 aliphatic heterocycles. The summed E-state index contributed by atoms with van der Waals surface area (Å²) in [6.07, 6.45) is 0. The SMILES string of the molecule is CN1CCN(C(=O)C(C)(C)CCl)CC1(C)C. The lowest BCUT2D eigenvalue weighted by atomic mass is 9.91. The highest BCUT2D eigenvalue weighted by molar-refractivity contribution is 6.19. The summed E-state index contributed by atoms with van der Waals surface area (Å²) in [5, 5.41) is 0. The highest BCUT2D eigenvalue weighted by Gasteiger charge is 2.38. The lowest BCUT2D eigenvalue weighted by molar-refractivity contribution is -0.143. The molecular formula is C12H23ClN2O. The van der Waals surface area contributed by atoms with Crippen molar-refractivity contribution in [3.05, 3.63) is 0 Å². The van der Waals surface area contributed by atoms with Gasteiger partial charge in [-0.3, -0.25) is 9.69 Å². The van der Waals surface area contributed by atoms with E-state index in [-0.39, 0.29) is 11.4 Å². The molecule has 1 saturated heterocycles. The van der Waals surface area contributed by atoms with Crippen molar-refractivity contribution in [3.63, 3.8) is 0 Å². The minimum Gasteiger partial charge on any atom is -0.339 e. The number of halogens is 1. The summed E-state index contributed by atoms with van der Waals surface area (Å²) in [5.41, 5.74) is -0.399. The van der Waals surface area contributed by atoms with Gasteiger partial charge in [-0.1, -0.05) is 0 Å². The minimum absolute atomic E-state index is 0.0519. The lowest BCUT2D eigenvalue weighted by Gasteiger charge is -2.46. The van der Waals surface area contributed by atoms with Crippen LogP contribution in [-0.4, -0.2) is 53.8 Å². The fraction of sp³-hybridized carbons (Fsp3) is 0.917. The summed E-state index contributed by atoms with van der Waals surface area (Å²) in [6.45, 7) is 10.7. The van der Waals surface area contributed by atoms with Crippen LogP contribution in [0.4, 0.5) is 0 Å². The Labute approximate surface area is 104 Å². The molecule has 0 aromatic heterocycles. The molecular weight excluding hydrogens is 224 g/mol. The molecule has 1 heterocycles. The van der Waals surface area contributed by atoms with Crippen LogP contribution in [0.1, 0.15) is 27.7 Å². The average molecular weight is 247 g/mol. The Hall–Kier alpha value is -0.280. The van der Waals surface area contributed by atoms with Gasteiger partial charge in [0.15, 0.2) is 0 Å². The van der Waals surface area contributed by atoms with Crippen molar-refractivity contribution in [2.45, 2.75) is 33.2 Å². The molecule has 0 atom stereocenters.